The molecular formula is C16H17N3O2. The van der Waals surface area contributed by atoms with E-state index in [1.807, 2.05) is 29.0 Å². The van der Waals surface area contributed by atoms with Crippen molar-refractivity contribution in [3.63, 3.8) is 0 Å². The number of furan rings is 1. The molecule has 3 rings (SSSR count). The highest BCUT2D eigenvalue weighted by molar-refractivity contribution is 5.40. The van der Waals surface area contributed by atoms with E-state index in [9.17, 15) is 0 Å². The molecule has 0 fully saturated rings. The quantitative estimate of drug-likeness (QED) is 0.728. The largest absolute Gasteiger partial charge is 0.462 e. The number of rotatable bonds is 6. The molecule has 0 atom stereocenters. The lowest BCUT2D eigenvalue weighted by atomic mass is 10.1. The lowest BCUT2D eigenvalue weighted by Crippen LogP contribution is -2.13. The maximum absolute atomic E-state index is 8.97. The average Bonchev–Trinajstić information content (AvgIpc) is 3.19. The minimum Gasteiger partial charge on any atom is -0.462 e. The number of aliphatic hydroxyl groups is 1. The molecule has 2 N–H and O–H groups in total. The van der Waals surface area contributed by atoms with Crippen LogP contribution in [0.15, 0.2) is 59.5 Å². The van der Waals surface area contributed by atoms with E-state index in [4.69, 9.17) is 9.52 Å². The van der Waals surface area contributed by atoms with E-state index >= 15 is 0 Å². The van der Waals surface area contributed by atoms with Gasteiger partial charge in [-0.25, -0.2) is 4.98 Å². The standard InChI is InChI=1S/C16H17N3O2/c20-11-15-6-5-14(21-15)10-18-9-13-3-1-2-4-16(13)19-8-7-17-12-19/h1-8,12,18,20H,9-11H2. The summed E-state index contributed by atoms with van der Waals surface area (Å²) in [5, 5.41) is 12.3. The van der Waals surface area contributed by atoms with E-state index in [1.165, 1.54) is 5.56 Å². The Morgan fingerprint density at radius 2 is 1.95 bits per heavy atom. The first kappa shape index (κ1) is 13.6. The second-order valence-corrected chi connectivity index (χ2v) is 4.73. The van der Waals surface area contributed by atoms with Gasteiger partial charge in [-0.15, -0.1) is 0 Å². The number of nitrogens with zero attached hydrogens (tertiary/aromatic N) is 2. The molecule has 0 unspecified atom stereocenters. The first-order chi connectivity index (χ1) is 10.4. The number of aliphatic hydroxyl groups excluding tert-OH is 1. The van der Waals surface area contributed by atoms with E-state index in [1.54, 1.807) is 18.6 Å². The molecule has 0 radical (unpaired) electrons. The summed E-state index contributed by atoms with van der Waals surface area (Å²) in [4.78, 5) is 4.08. The van der Waals surface area contributed by atoms with Crippen LogP contribution in [0, 0.1) is 0 Å². The molecule has 1 aromatic carbocycles. The van der Waals surface area contributed by atoms with E-state index in [2.05, 4.69) is 22.4 Å². The molecule has 0 bridgehead atoms. The van der Waals surface area contributed by atoms with Crippen molar-refractivity contribution in [1.29, 1.82) is 0 Å². The highest BCUT2D eigenvalue weighted by atomic mass is 16.4. The van der Waals surface area contributed by atoms with Crippen LogP contribution in [0.1, 0.15) is 17.1 Å². The van der Waals surface area contributed by atoms with Crippen molar-refractivity contribution in [3.05, 3.63) is 72.2 Å². The molecule has 21 heavy (non-hydrogen) atoms. The van der Waals surface area contributed by atoms with Gasteiger partial charge in [0, 0.05) is 18.9 Å². The maximum atomic E-state index is 8.97. The molecular weight excluding hydrogens is 266 g/mol. The fraction of sp³-hybridized carbons (Fsp3) is 0.188. The lowest BCUT2D eigenvalue weighted by molar-refractivity contribution is 0.242. The Hall–Kier alpha value is -2.37. The van der Waals surface area contributed by atoms with Crippen molar-refractivity contribution in [2.45, 2.75) is 19.7 Å². The molecule has 5 heteroatoms. The summed E-state index contributed by atoms with van der Waals surface area (Å²) in [5.74, 6) is 1.41. The van der Waals surface area contributed by atoms with Gasteiger partial charge < -0.3 is 19.4 Å². The Balaban J connectivity index is 1.65. The molecule has 0 amide bonds. The third-order valence-electron chi connectivity index (χ3n) is 3.26. The highest BCUT2D eigenvalue weighted by Crippen LogP contribution is 2.14. The molecule has 2 heterocycles. The third kappa shape index (κ3) is 3.21. The average molecular weight is 283 g/mol. The van der Waals surface area contributed by atoms with E-state index < -0.39 is 0 Å². The minimum atomic E-state index is -0.0660. The summed E-state index contributed by atoms with van der Waals surface area (Å²) in [6.45, 7) is 1.28. The second-order valence-electron chi connectivity index (χ2n) is 4.73. The fourth-order valence-corrected chi connectivity index (χ4v) is 2.24. The fourth-order valence-electron chi connectivity index (χ4n) is 2.24. The minimum absolute atomic E-state index is 0.0660. The Bertz CT molecular complexity index is 689. The van der Waals surface area contributed by atoms with Crippen molar-refractivity contribution in [1.82, 2.24) is 14.9 Å². The smallest absolute Gasteiger partial charge is 0.129 e. The summed E-state index contributed by atoms with van der Waals surface area (Å²) < 4.78 is 7.44. The number of hydrogen-bond acceptors (Lipinski definition) is 4. The van der Waals surface area contributed by atoms with Crippen LogP contribution in [-0.4, -0.2) is 14.7 Å². The number of imidazole rings is 1. The number of nitrogens with one attached hydrogen (secondary N) is 1. The van der Waals surface area contributed by atoms with Crippen molar-refractivity contribution in [3.8, 4) is 5.69 Å². The van der Waals surface area contributed by atoms with Crippen LogP contribution in [0.2, 0.25) is 0 Å². The maximum Gasteiger partial charge on any atom is 0.129 e. The normalized spacial score (nSPS) is 10.9. The van der Waals surface area contributed by atoms with Gasteiger partial charge in [0.25, 0.3) is 0 Å². The first-order valence-electron chi connectivity index (χ1n) is 6.82. The monoisotopic (exact) mass is 283 g/mol. The second kappa shape index (κ2) is 6.39. The van der Waals surface area contributed by atoms with Gasteiger partial charge in [0.2, 0.25) is 0 Å². The van der Waals surface area contributed by atoms with Gasteiger partial charge in [-0.05, 0) is 23.8 Å². The third-order valence-corrected chi connectivity index (χ3v) is 3.26. The molecule has 3 aromatic rings. The number of para-hydroxylation sites is 1. The molecule has 2 aromatic heterocycles. The van der Waals surface area contributed by atoms with Crippen molar-refractivity contribution in [2.75, 3.05) is 0 Å². The zero-order chi connectivity index (χ0) is 14.5. The van der Waals surface area contributed by atoms with Crippen LogP contribution in [0.3, 0.4) is 0 Å². The van der Waals surface area contributed by atoms with Gasteiger partial charge in [-0.1, -0.05) is 18.2 Å². The summed E-state index contributed by atoms with van der Waals surface area (Å²) in [6.07, 6.45) is 5.49. The zero-order valence-corrected chi connectivity index (χ0v) is 11.6. The molecule has 108 valence electrons. The predicted molar refractivity (Wildman–Crippen MR) is 78.7 cm³/mol. The number of hydrogen-bond donors (Lipinski definition) is 2. The molecule has 0 saturated carbocycles. The first-order valence-corrected chi connectivity index (χ1v) is 6.82. The van der Waals surface area contributed by atoms with Crippen LogP contribution < -0.4 is 5.32 Å². The Morgan fingerprint density at radius 1 is 1.10 bits per heavy atom. The molecule has 0 aliphatic heterocycles. The van der Waals surface area contributed by atoms with E-state index in [-0.39, 0.29) is 6.61 Å². The van der Waals surface area contributed by atoms with Crippen LogP contribution in [0.5, 0.6) is 0 Å². The van der Waals surface area contributed by atoms with Gasteiger partial charge in [0.15, 0.2) is 0 Å². The highest BCUT2D eigenvalue weighted by Gasteiger charge is 2.04. The van der Waals surface area contributed by atoms with Crippen molar-refractivity contribution < 1.29 is 9.52 Å². The van der Waals surface area contributed by atoms with Crippen LogP contribution in [-0.2, 0) is 19.7 Å². The van der Waals surface area contributed by atoms with Crippen molar-refractivity contribution >= 4 is 0 Å². The SMILES string of the molecule is OCc1ccc(CNCc2ccccc2-n2ccnc2)o1. The Labute approximate surface area is 122 Å². The molecule has 0 saturated heterocycles. The van der Waals surface area contributed by atoms with E-state index in [0.29, 0.717) is 12.3 Å². The number of benzene rings is 1. The molecule has 0 aliphatic carbocycles. The van der Waals surface area contributed by atoms with Crippen molar-refractivity contribution in [2.24, 2.45) is 0 Å². The van der Waals surface area contributed by atoms with Gasteiger partial charge in [0.05, 0.1) is 18.6 Å². The summed E-state index contributed by atoms with van der Waals surface area (Å²) in [6, 6.07) is 11.9. The summed E-state index contributed by atoms with van der Waals surface area (Å²) in [5.41, 5.74) is 2.29. The summed E-state index contributed by atoms with van der Waals surface area (Å²) >= 11 is 0. The number of aromatic nitrogens is 2. The predicted octanol–water partition coefficient (Wildman–Crippen LogP) is 2.25. The van der Waals surface area contributed by atoms with E-state index in [0.717, 1.165) is 18.0 Å². The van der Waals surface area contributed by atoms with Gasteiger partial charge >= 0.3 is 0 Å². The molecule has 0 spiro atoms. The molecule has 5 nitrogen and oxygen atoms in total. The Kier molecular flexibility index (Phi) is 4.14. The van der Waals surface area contributed by atoms with Gasteiger partial charge in [-0.2, -0.15) is 0 Å². The van der Waals surface area contributed by atoms with Crippen LogP contribution in [0.4, 0.5) is 0 Å². The van der Waals surface area contributed by atoms with Crippen LogP contribution in [0.25, 0.3) is 5.69 Å². The van der Waals surface area contributed by atoms with Gasteiger partial charge in [-0.3, -0.25) is 0 Å². The van der Waals surface area contributed by atoms with Crippen LogP contribution >= 0.6 is 0 Å². The topological polar surface area (TPSA) is 63.2 Å². The molecule has 0 aliphatic rings. The van der Waals surface area contributed by atoms with Gasteiger partial charge in [0.1, 0.15) is 18.1 Å². The summed E-state index contributed by atoms with van der Waals surface area (Å²) in [7, 11) is 0. The zero-order valence-electron chi connectivity index (χ0n) is 11.6. The lowest BCUT2D eigenvalue weighted by Gasteiger charge is -2.10. The Morgan fingerprint density at radius 3 is 2.71 bits per heavy atom.